The zero-order valence-corrected chi connectivity index (χ0v) is 17.8. The standard InChI is InChI=1S/C20H28N4O4S/c1-3-24-18-16(6-4-8-27-9-5-7-21-19(18)25)17(23-24)10-14(2)12-28-20(26)15-11-22-29-13-15/h11,13-14H,3-10,12H2,1-2H3,(H,21,25)/t14-/m1/s1. The molecule has 0 spiro atoms. The molecule has 0 aliphatic carbocycles. The van der Waals surface area contributed by atoms with Crippen LogP contribution in [-0.4, -0.2) is 52.4 Å². The number of ether oxygens (including phenoxy) is 2. The molecule has 0 fully saturated rings. The molecule has 3 heterocycles. The second-order valence-electron chi connectivity index (χ2n) is 7.24. The number of hydrogen-bond acceptors (Lipinski definition) is 7. The average molecular weight is 421 g/mol. The van der Waals surface area contributed by atoms with Crippen LogP contribution >= 0.6 is 11.5 Å². The number of fused-ring (bicyclic) bond motifs is 1. The number of rotatable bonds is 6. The van der Waals surface area contributed by atoms with Gasteiger partial charge in [0.25, 0.3) is 5.91 Å². The smallest absolute Gasteiger partial charge is 0.340 e. The lowest BCUT2D eigenvalue weighted by Gasteiger charge is -2.12. The highest BCUT2D eigenvalue weighted by Crippen LogP contribution is 2.21. The largest absolute Gasteiger partial charge is 0.462 e. The van der Waals surface area contributed by atoms with Gasteiger partial charge in [0, 0.05) is 37.2 Å². The molecule has 0 aromatic carbocycles. The van der Waals surface area contributed by atoms with Crippen molar-refractivity contribution >= 4 is 23.4 Å². The Morgan fingerprint density at radius 1 is 1.41 bits per heavy atom. The molecule has 0 saturated heterocycles. The molecule has 2 aromatic heterocycles. The van der Waals surface area contributed by atoms with Crippen LogP contribution in [0.5, 0.6) is 0 Å². The molecule has 3 rings (SSSR count). The molecule has 1 N–H and O–H groups in total. The van der Waals surface area contributed by atoms with Crippen molar-refractivity contribution in [2.75, 3.05) is 26.4 Å². The maximum atomic E-state index is 12.8. The van der Waals surface area contributed by atoms with E-state index in [4.69, 9.17) is 14.6 Å². The molecule has 0 unspecified atom stereocenters. The second-order valence-corrected chi connectivity index (χ2v) is 7.89. The first-order valence-electron chi connectivity index (χ1n) is 10.1. The second kappa shape index (κ2) is 10.5. The summed E-state index contributed by atoms with van der Waals surface area (Å²) in [5.74, 6) is -0.362. The third kappa shape index (κ3) is 5.63. The lowest BCUT2D eigenvalue weighted by molar-refractivity contribution is 0.0448. The van der Waals surface area contributed by atoms with Crippen LogP contribution in [0.2, 0.25) is 0 Å². The van der Waals surface area contributed by atoms with Crippen molar-refractivity contribution in [2.24, 2.45) is 5.92 Å². The molecule has 1 atom stereocenters. The van der Waals surface area contributed by atoms with Crippen LogP contribution in [-0.2, 0) is 28.9 Å². The van der Waals surface area contributed by atoms with E-state index in [9.17, 15) is 9.59 Å². The Kier molecular flexibility index (Phi) is 7.76. The molecule has 9 heteroatoms. The van der Waals surface area contributed by atoms with E-state index in [1.165, 1.54) is 17.7 Å². The van der Waals surface area contributed by atoms with E-state index in [2.05, 4.69) is 9.69 Å². The average Bonchev–Trinajstić information content (AvgIpc) is 3.35. The molecule has 158 valence electrons. The quantitative estimate of drug-likeness (QED) is 0.722. The van der Waals surface area contributed by atoms with Crippen molar-refractivity contribution in [3.8, 4) is 0 Å². The summed E-state index contributed by atoms with van der Waals surface area (Å²) in [5.41, 5.74) is 3.01. The number of nitrogens with zero attached hydrogens (tertiary/aromatic N) is 3. The van der Waals surface area contributed by atoms with Gasteiger partial charge in [-0.3, -0.25) is 9.48 Å². The molecule has 0 bridgehead atoms. The van der Waals surface area contributed by atoms with Gasteiger partial charge in [0.05, 0.1) is 24.1 Å². The Hall–Kier alpha value is -2.26. The Morgan fingerprint density at radius 3 is 3.00 bits per heavy atom. The summed E-state index contributed by atoms with van der Waals surface area (Å²) in [6.45, 7) is 6.84. The number of esters is 1. The predicted octanol–water partition coefficient (Wildman–Crippen LogP) is 2.48. The number of amides is 1. The monoisotopic (exact) mass is 420 g/mol. The minimum absolute atomic E-state index is 0.0762. The van der Waals surface area contributed by atoms with Gasteiger partial charge in [-0.2, -0.15) is 5.10 Å². The van der Waals surface area contributed by atoms with Crippen LogP contribution in [0.25, 0.3) is 0 Å². The molecule has 1 aliphatic heterocycles. The van der Waals surface area contributed by atoms with E-state index >= 15 is 0 Å². The zero-order valence-electron chi connectivity index (χ0n) is 17.0. The van der Waals surface area contributed by atoms with Crippen LogP contribution in [0.3, 0.4) is 0 Å². The fourth-order valence-electron chi connectivity index (χ4n) is 3.37. The molecule has 29 heavy (non-hydrogen) atoms. The molecule has 0 radical (unpaired) electrons. The van der Waals surface area contributed by atoms with Gasteiger partial charge in [0.15, 0.2) is 0 Å². The van der Waals surface area contributed by atoms with Crippen LogP contribution in [0.4, 0.5) is 0 Å². The molecule has 8 nitrogen and oxygen atoms in total. The first-order chi connectivity index (χ1) is 14.1. The molecule has 0 saturated carbocycles. The van der Waals surface area contributed by atoms with E-state index in [0.29, 0.717) is 44.0 Å². The Labute approximate surface area is 174 Å². The van der Waals surface area contributed by atoms with Crippen molar-refractivity contribution in [3.05, 3.63) is 34.1 Å². The summed E-state index contributed by atoms with van der Waals surface area (Å²) in [6, 6.07) is 0. The number of carbonyl (C=O) groups excluding carboxylic acids is 2. The van der Waals surface area contributed by atoms with Gasteiger partial charge in [-0.25, -0.2) is 9.17 Å². The number of nitrogens with one attached hydrogen (secondary N) is 1. The summed E-state index contributed by atoms with van der Waals surface area (Å²) < 4.78 is 16.7. The summed E-state index contributed by atoms with van der Waals surface area (Å²) >= 11 is 1.22. The lowest BCUT2D eigenvalue weighted by Crippen LogP contribution is -2.28. The van der Waals surface area contributed by atoms with Gasteiger partial charge in [-0.1, -0.05) is 6.92 Å². The molecule has 1 amide bonds. The van der Waals surface area contributed by atoms with Gasteiger partial charge in [-0.05, 0) is 50.1 Å². The Bertz CT molecular complexity index is 819. The summed E-state index contributed by atoms with van der Waals surface area (Å²) in [6.07, 6.45) is 4.54. The van der Waals surface area contributed by atoms with Crippen LogP contribution in [0.1, 0.15) is 58.8 Å². The molecular weight excluding hydrogens is 392 g/mol. The first-order valence-corrected chi connectivity index (χ1v) is 10.9. The highest BCUT2D eigenvalue weighted by Gasteiger charge is 2.24. The van der Waals surface area contributed by atoms with Crippen LogP contribution < -0.4 is 5.32 Å². The van der Waals surface area contributed by atoms with Crippen molar-refractivity contribution in [2.45, 2.75) is 46.1 Å². The third-order valence-electron chi connectivity index (χ3n) is 4.82. The topological polar surface area (TPSA) is 95.3 Å². The van der Waals surface area contributed by atoms with Gasteiger partial charge in [0.1, 0.15) is 5.69 Å². The zero-order chi connectivity index (χ0) is 20.6. The lowest BCUT2D eigenvalue weighted by atomic mass is 9.99. The minimum atomic E-state index is -0.361. The maximum Gasteiger partial charge on any atom is 0.340 e. The highest BCUT2D eigenvalue weighted by molar-refractivity contribution is 7.03. The highest BCUT2D eigenvalue weighted by atomic mass is 32.1. The number of hydrogen-bond donors (Lipinski definition) is 1. The van der Waals surface area contributed by atoms with E-state index in [1.54, 1.807) is 10.1 Å². The Balaban J connectivity index is 1.72. The third-order valence-corrected chi connectivity index (χ3v) is 5.41. The Morgan fingerprint density at radius 2 is 2.24 bits per heavy atom. The van der Waals surface area contributed by atoms with Crippen molar-refractivity contribution < 1.29 is 19.1 Å². The van der Waals surface area contributed by atoms with E-state index in [-0.39, 0.29) is 24.4 Å². The van der Waals surface area contributed by atoms with Crippen molar-refractivity contribution in [3.63, 3.8) is 0 Å². The first kappa shape index (κ1) is 21.4. The van der Waals surface area contributed by atoms with Gasteiger partial charge in [0.2, 0.25) is 0 Å². The maximum absolute atomic E-state index is 12.8. The molecule has 1 aliphatic rings. The fourth-order valence-corrected chi connectivity index (χ4v) is 3.87. The number of carbonyl (C=O) groups is 2. The van der Waals surface area contributed by atoms with Gasteiger partial charge in [-0.15, -0.1) is 0 Å². The van der Waals surface area contributed by atoms with E-state index in [0.717, 1.165) is 30.5 Å². The van der Waals surface area contributed by atoms with Crippen molar-refractivity contribution in [1.82, 2.24) is 19.5 Å². The van der Waals surface area contributed by atoms with Crippen LogP contribution in [0, 0.1) is 5.92 Å². The fraction of sp³-hybridized carbons (Fsp3) is 0.600. The normalized spacial score (nSPS) is 16.4. The van der Waals surface area contributed by atoms with Crippen LogP contribution in [0.15, 0.2) is 11.6 Å². The summed E-state index contributed by atoms with van der Waals surface area (Å²) in [4.78, 5) is 24.8. The van der Waals surface area contributed by atoms with Crippen molar-refractivity contribution in [1.29, 1.82) is 0 Å². The van der Waals surface area contributed by atoms with Gasteiger partial charge < -0.3 is 14.8 Å². The molecular formula is C20H28N4O4S. The summed E-state index contributed by atoms with van der Waals surface area (Å²) in [5, 5.41) is 9.37. The minimum Gasteiger partial charge on any atom is -0.462 e. The molecule has 2 aromatic rings. The summed E-state index contributed by atoms with van der Waals surface area (Å²) in [7, 11) is 0. The predicted molar refractivity (Wildman–Crippen MR) is 109 cm³/mol. The SMILES string of the molecule is CCn1nc(C[C@@H](C)COC(=O)c2cnsc2)c2c1C(=O)NCCCOCCC2. The van der Waals surface area contributed by atoms with E-state index in [1.807, 2.05) is 13.8 Å². The van der Waals surface area contributed by atoms with E-state index < -0.39 is 0 Å². The number of aromatic nitrogens is 3. The van der Waals surface area contributed by atoms with Gasteiger partial charge >= 0.3 is 5.97 Å². The number of aryl methyl sites for hydroxylation is 1.